The molecule has 258 valence electrons. The molecule has 2 aliphatic rings. The maximum Gasteiger partial charge on any atom is 0.0709 e. The molecule has 9 aromatic rings. The van der Waals surface area contributed by atoms with Gasteiger partial charge in [-0.1, -0.05) is 155 Å². The summed E-state index contributed by atoms with van der Waals surface area (Å²) in [6.45, 7) is 9.48. The summed E-state index contributed by atoms with van der Waals surface area (Å²) in [6.07, 6.45) is 0. The van der Waals surface area contributed by atoms with E-state index in [0.717, 1.165) is 17.1 Å². The Morgan fingerprint density at radius 3 is 1.67 bits per heavy atom. The third-order valence-corrected chi connectivity index (χ3v) is 12.6. The van der Waals surface area contributed by atoms with E-state index in [1.54, 1.807) is 0 Å². The Labute approximate surface area is 316 Å². The summed E-state index contributed by atoms with van der Waals surface area (Å²) in [7, 11) is 0. The van der Waals surface area contributed by atoms with Crippen LogP contribution in [0.25, 0.3) is 60.5 Å². The molecule has 0 radical (unpaired) electrons. The molecule has 0 saturated carbocycles. The molecule has 1 aromatic heterocycles. The second kappa shape index (κ2) is 11.1. The lowest BCUT2D eigenvalue weighted by molar-refractivity contribution is 0.660. The van der Waals surface area contributed by atoms with E-state index in [2.05, 4.69) is 207 Å². The third kappa shape index (κ3) is 4.17. The molecule has 0 amide bonds. The summed E-state index contributed by atoms with van der Waals surface area (Å²) in [6, 6.07) is 63.5. The van der Waals surface area contributed by atoms with Crippen LogP contribution in [0.3, 0.4) is 0 Å². The molecule has 0 spiro atoms. The molecule has 0 saturated heterocycles. The summed E-state index contributed by atoms with van der Waals surface area (Å²) in [5, 5.41) is 4.94. The fraction of sp³-hybridized carbons (Fsp3) is 0.115. The van der Waals surface area contributed by atoms with Gasteiger partial charge in [0.25, 0.3) is 0 Å². The summed E-state index contributed by atoms with van der Waals surface area (Å²) in [5.41, 5.74) is 17.6. The zero-order chi connectivity index (χ0) is 36.3. The van der Waals surface area contributed by atoms with E-state index in [1.165, 1.54) is 82.8 Å². The number of hydrogen-bond donors (Lipinski definition) is 0. The zero-order valence-electron chi connectivity index (χ0n) is 31.1. The molecule has 0 N–H and O–H groups in total. The van der Waals surface area contributed by atoms with Gasteiger partial charge in [0, 0.05) is 32.9 Å². The lowest BCUT2D eigenvalue weighted by Crippen LogP contribution is -2.17. The van der Waals surface area contributed by atoms with Crippen molar-refractivity contribution in [2.24, 2.45) is 0 Å². The van der Waals surface area contributed by atoms with Crippen molar-refractivity contribution in [1.82, 2.24) is 4.57 Å². The number of rotatable bonds is 4. The number of hydrogen-bond acceptors (Lipinski definition) is 1. The lowest BCUT2D eigenvalue weighted by Gasteiger charge is -2.32. The lowest BCUT2D eigenvalue weighted by atomic mass is 9.82. The van der Waals surface area contributed by atoms with Gasteiger partial charge < -0.3 is 9.47 Å². The zero-order valence-corrected chi connectivity index (χ0v) is 31.1. The summed E-state index contributed by atoms with van der Waals surface area (Å²) >= 11 is 0. The molecule has 2 heteroatoms. The van der Waals surface area contributed by atoms with Gasteiger partial charge >= 0.3 is 0 Å². The minimum absolute atomic E-state index is 0.0800. The fourth-order valence-corrected chi connectivity index (χ4v) is 9.93. The first kappa shape index (κ1) is 31.2. The number of benzene rings is 8. The highest BCUT2D eigenvalue weighted by molar-refractivity contribution is 6.11. The molecule has 1 heterocycles. The second-order valence-electron chi connectivity index (χ2n) is 16.2. The number of nitrogens with zero attached hydrogens (tertiary/aromatic N) is 2. The molecule has 0 atom stereocenters. The third-order valence-electron chi connectivity index (χ3n) is 12.6. The highest BCUT2D eigenvalue weighted by Crippen LogP contribution is 2.56. The highest BCUT2D eigenvalue weighted by Gasteiger charge is 2.39. The van der Waals surface area contributed by atoms with Crippen molar-refractivity contribution in [3.8, 4) is 27.9 Å². The maximum atomic E-state index is 2.57. The first-order valence-corrected chi connectivity index (χ1v) is 19.1. The summed E-state index contributed by atoms with van der Waals surface area (Å²) in [5.74, 6) is 0. The monoisotopic (exact) mass is 692 g/mol. The Kier molecular flexibility index (Phi) is 6.39. The van der Waals surface area contributed by atoms with Crippen LogP contribution in [0, 0.1) is 0 Å². The topological polar surface area (TPSA) is 8.17 Å². The van der Waals surface area contributed by atoms with Crippen molar-refractivity contribution in [3.63, 3.8) is 0 Å². The van der Waals surface area contributed by atoms with Gasteiger partial charge in [0.05, 0.1) is 28.1 Å². The number of aromatic nitrogens is 1. The predicted octanol–water partition coefficient (Wildman–Crippen LogP) is 14.0. The van der Waals surface area contributed by atoms with Gasteiger partial charge in [0.15, 0.2) is 0 Å². The Bertz CT molecular complexity index is 2960. The summed E-state index contributed by atoms with van der Waals surface area (Å²) in [4.78, 5) is 2.57. The number of para-hydroxylation sites is 2. The minimum Gasteiger partial charge on any atom is -0.308 e. The molecule has 54 heavy (non-hydrogen) atoms. The van der Waals surface area contributed by atoms with Crippen LogP contribution < -0.4 is 4.90 Å². The van der Waals surface area contributed by atoms with Gasteiger partial charge in [-0.05, 0) is 92.2 Å². The van der Waals surface area contributed by atoms with Gasteiger partial charge in [0.2, 0.25) is 0 Å². The van der Waals surface area contributed by atoms with Gasteiger partial charge in [-0.3, -0.25) is 0 Å². The van der Waals surface area contributed by atoms with E-state index in [1.807, 2.05) is 0 Å². The normalized spacial score (nSPS) is 14.6. The first-order valence-electron chi connectivity index (χ1n) is 19.1. The summed E-state index contributed by atoms with van der Waals surface area (Å²) < 4.78 is 2.49. The van der Waals surface area contributed by atoms with Crippen molar-refractivity contribution in [2.45, 2.75) is 38.5 Å². The number of anilines is 3. The van der Waals surface area contributed by atoms with Crippen molar-refractivity contribution in [3.05, 3.63) is 192 Å². The van der Waals surface area contributed by atoms with E-state index in [4.69, 9.17) is 0 Å². The largest absolute Gasteiger partial charge is 0.308 e. The highest BCUT2D eigenvalue weighted by atomic mass is 15.2. The van der Waals surface area contributed by atoms with Crippen molar-refractivity contribution >= 4 is 49.6 Å². The van der Waals surface area contributed by atoms with Crippen LogP contribution in [0.5, 0.6) is 0 Å². The van der Waals surface area contributed by atoms with Gasteiger partial charge in [0.1, 0.15) is 0 Å². The molecule has 2 aliphatic carbocycles. The van der Waals surface area contributed by atoms with E-state index in [0.29, 0.717) is 0 Å². The maximum absolute atomic E-state index is 2.57. The molecule has 11 rings (SSSR count). The van der Waals surface area contributed by atoms with Gasteiger partial charge in [-0.25, -0.2) is 0 Å². The van der Waals surface area contributed by atoms with Crippen molar-refractivity contribution in [1.29, 1.82) is 0 Å². The van der Waals surface area contributed by atoms with E-state index >= 15 is 0 Å². The molecular weight excluding hydrogens is 653 g/mol. The SMILES string of the molecule is CC1(C)c2ccccc2-c2cc(N(c3cc4ccccc4cc3-n3c4ccccc4c4ccccc43)c3cccc4c3-c3ccccc3C4(C)C)ccc21. The fourth-order valence-electron chi connectivity index (χ4n) is 9.93. The van der Waals surface area contributed by atoms with Gasteiger partial charge in [-0.15, -0.1) is 0 Å². The van der Waals surface area contributed by atoms with Gasteiger partial charge in [-0.2, -0.15) is 0 Å². The molecule has 2 nitrogen and oxygen atoms in total. The van der Waals surface area contributed by atoms with Crippen LogP contribution in [-0.4, -0.2) is 4.57 Å². The standard InChI is InChI=1S/C52H40N2/c1-51(2)41-22-11-7-18-36(41)40-32-35(28-29-43(40)51)53(47-27-15-24-44-50(47)39-21-8-12-23-42(39)52(44,3)4)48-30-33-16-5-6-17-34(33)31-49(48)54-45-25-13-9-19-37(45)38-20-10-14-26-46(38)54/h5-32H,1-4H3. The molecule has 0 bridgehead atoms. The Morgan fingerprint density at radius 1 is 0.407 bits per heavy atom. The first-order chi connectivity index (χ1) is 26.3. The average Bonchev–Trinajstić information content (AvgIpc) is 3.75. The quantitative estimate of drug-likeness (QED) is 0.178. The van der Waals surface area contributed by atoms with Crippen LogP contribution in [0.4, 0.5) is 17.1 Å². The smallest absolute Gasteiger partial charge is 0.0709 e. The Morgan fingerprint density at radius 2 is 0.944 bits per heavy atom. The molecule has 8 aromatic carbocycles. The van der Waals surface area contributed by atoms with Crippen LogP contribution in [0.1, 0.15) is 49.9 Å². The molecule has 0 unspecified atom stereocenters. The van der Waals surface area contributed by atoms with Crippen LogP contribution in [-0.2, 0) is 10.8 Å². The Hall–Kier alpha value is -6.38. The van der Waals surface area contributed by atoms with Crippen molar-refractivity contribution < 1.29 is 0 Å². The van der Waals surface area contributed by atoms with E-state index in [-0.39, 0.29) is 10.8 Å². The predicted molar refractivity (Wildman–Crippen MR) is 228 cm³/mol. The van der Waals surface area contributed by atoms with E-state index in [9.17, 15) is 0 Å². The van der Waals surface area contributed by atoms with Crippen LogP contribution in [0.15, 0.2) is 170 Å². The van der Waals surface area contributed by atoms with Crippen LogP contribution >= 0.6 is 0 Å². The molecular formula is C52H40N2. The Balaban J connectivity index is 1.29. The van der Waals surface area contributed by atoms with Crippen LogP contribution in [0.2, 0.25) is 0 Å². The minimum atomic E-state index is -0.131. The second-order valence-corrected chi connectivity index (χ2v) is 16.2. The van der Waals surface area contributed by atoms with Crippen molar-refractivity contribution in [2.75, 3.05) is 4.90 Å². The van der Waals surface area contributed by atoms with E-state index < -0.39 is 0 Å². The molecule has 0 fully saturated rings. The molecule has 0 aliphatic heterocycles. The number of fused-ring (bicyclic) bond motifs is 10. The average molecular weight is 693 g/mol.